The molecule has 0 spiro atoms. The first-order valence-electron chi connectivity index (χ1n) is 7.06. The minimum atomic E-state index is -4.70. The number of hydrogen-bond donors (Lipinski definition) is 1. The van der Waals surface area contributed by atoms with Gasteiger partial charge in [0.05, 0.1) is 11.8 Å². The van der Waals surface area contributed by atoms with Crippen LogP contribution in [0.2, 0.25) is 0 Å². The highest BCUT2D eigenvalue weighted by atomic mass is 32.2. The van der Waals surface area contributed by atoms with Crippen LogP contribution >= 0.6 is 11.8 Å². The number of nitrogen functional groups attached to an aromatic ring is 1. The molecule has 132 valence electrons. The Morgan fingerprint density at radius 3 is 2.52 bits per heavy atom. The summed E-state index contributed by atoms with van der Waals surface area (Å²) in [6, 6.07) is 7.36. The molecule has 3 aromatic rings. The van der Waals surface area contributed by atoms with Crippen molar-refractivity contribution in [3.05, 3.63) is 47.9 Å². The van der Waals surface area contributed by atoms with Crippen LogP contribution in [0.15, 0.2) is 46.2 Å². The van der Waals surface area contributed by atoms with Gasteiger partial charge in [0.2, 0.25) is 5.16 Å². The molecule has 0 saturated heterocycles. The van der Waals surface area contributed by atoms with Crippen molar-refractivity contribution in [2.45, 2.75) is 24.2 Å². The van der Waals surface area contributed by atoms with E-state index in [-0.39, 0.29) is 5.75 Å². The number of nitrogens with zero attached hydrogens (tertiary/aromatic N) is 3. The number of alkyl halides is 3. The summed E-state index contributed by atoms with van der Waals surface area (Å²) >= 11 is 1.31. The second kappa shape index (κ2) is 6.71. The molecule has 25 heavy (non-hydrogen) atoms. The molecular weight excluding hydrogens is 357 g/mol. The summed E-state index contributed by atoms with van der Waals surface area (Å²) in [5.41, 5.74) is 1.54. The van der Waals surface area contributed by atoms with E-state index in [1.807, 2.05) is 0 Å². The molecule has 0 radical (unpaired) electrons. The Hall–Kier alpha value is -2.62. The molecule has 6 nitrogen and oxygen atoms in total. The van der Waals surface area contributed by atoms with Gasteiger partial charge < -0.3 is 15.0 Å². The first-order valence-corrected chi connectivity index (χ1v) is 8.04. The van der Waals surface area contributed by atoms with Gasteiger partial charge in [0, 0.05) is 5.75 Å². The number of ether oxygens (including phenoxy) is 1. The van der Waals surface area contributed by atoms with Crippen LogP contribution in [0.25, 0.3) is 11.4 Å². The quantitative estimate of drug-likeness (QED) is 0.544. The molecule has 0 amide bonds. The number of halogens is 3. The van der Waals surface area contributed by atoms with Gasteiger partial charge >= 0.3 is 6.36 Å². The number of benzene rings is 1. The van der Waals surface area contributed by atoms with Crippen molar-refractivity contribution in [2.24, 2.45) is 0 Å². The van der Waals surface area contributed by atoms with Gasteiger partial charge in [-0.1, -0.05) is 23.9 Å². The fourth-order valence-corrected chi connectivity index (χ4v) is 2.92. The summed E-state index contributed by atoms with van der Waals surface area (Å²) < 4.78 is 46.8. The van der Waals surface area contributed by atoms with Gasteiger partial charge in [-0.25, -0.2) is 4.68 Å². The number of aryl methyl sites for hydroxylation is 1. The second-order valence-corrected chi connectivity index (χ2v) is 5.99. The third-order valence-electron chi connectivity index (χ3n) is 3.29. The minimum Gasteiger partial charge on any atom is -0.469 e. The van der Waals surface area contributed by atoms with Crippen molar-refractivity contribution in [3.63, 3.8) is 0 Å². The Bertz CT molecular complexity index is 859. The van der Waals surface area contributed by atoms with Crippen LogP contribution in [0.1, 0.15) is 11.3 Å². The summed E-state index contributed by atoms with van der Waals surface area (Å²) in [4.78, 5) is 0. The maximum absolute atomic E-state index is 12.1. The molecule has 0 fully saturated rings. The van der Waals surface area contributed by atoms with Crippen LogP contribution < -0.4 is 10.6 Å². The first-order chi connectivity index (χ1) is 11.8. The molecule has 2 aromatic heterocycles. The predicted molar refractivity (Wildman–Crippen MR) is 85.3 cm³/mol. The lowest BCUT2D eigenvalue weighted by atomic mass is 10.2. The molecule has 1 aromatic carbocycles. The van der Waals surface area contributed by atoms with Crippen LogP contribution in [0.5, 0.6) is 5.75 Å². The molecule has 10 heteroatoms. The molecular formula is C15H13F3N4O2S. The molecule has 0 aliphatic heterocycles. The Morgan fingerprint density at radius 2 is 1.92 bits per heavy atom. The van der Waals surface area contributed by atoms with E-state index in [1.165, 1.54) is 34.8 Å². The number of furan rings is 1. The lowest BCUT2D eigenvalue weighted by Crippen LogP contribution is -2.17. The molecule has 3 rings (SSSR count). The Labute approximate surface area is 144 Å². The summed E-state index contributed by atoms with van der Waals surface area (Å²) in [6.07, 6.45) is -3.16. The molecule has 2 heterocycles. The Morgan fingerprint density at radius 1 is 1.20 bits per heavy atom. The monoisotopic (exact) mass is 370 g/mol. The lowest BCUT2D eigenvalue weighted by Gasteiger charge is -2.09. The molecule has 0 bridgehead atoms. The highest BCUT2D eigenvalue weighted by molar-refractivity contribution is 7.98. The molecule has 0 saturated carbocycles. The largest absolute Gasteiger partial charge is 0.573 e. The molecule has 2 N–H and O–H groups in total. The maximum Gasteiger partial charge on any atom is 0.573 e. The fraction of sp³-hybridized carbons (Fsp3) is 0.200. The topological polar surface area (TPSA) is 79.1 Å². The molecule has 0 aliphatic carbocycles. The Balaban J connectivity index is 1.66. The smallest absolute Gasteiger partial charge is 0.469 e. The van der Waals surface area contributed by atoms with Gasteiger partial charge in [0.25, 0.3) is 0 Å². The van der Waals surface area contributed by atoms with Crippen molar-refractivity contribution in [2.75, 3.05) is 5.84 Å². The summed E-state index contributed by atoms with van der Waals surface area (Å²) in [7, 11) is 0. The first kappa shape index (κ1) is 17.2. The van der Waals surface area contributed by atoms with Crippen LogP contribution in [0, 0.1) is 6.92 Å². The van der Waals surface area contributed by atoms with Gasteiger partial charge in [0.1, 0.15) is 11.5 Å². The summed E-state index contributed by atoms with van der Waals surface area (Å²) in [6.45, 7) is 1.79. The predicted octanol–water partition coefficient (Wildman–Crippen LogP) is 3.75. The van der Waals surface area contributed by atoms with E-state index in [4.69, 9.17) is 10.3 Å². The van der Waals surface area contributed by atoms with E-state index in [0.29, 0.717) is 22.5 Å². The second-order valence-electron chi connectivity index (χ2n) is 5.05. The highest BCUT2D eigenvalue weighted by Gasteiger charge is 2.30. The summed E-state index contributed by atoms with van der Waals surface area (Å²) in [5.74, 6) is 7.36. The molecule has 0 atom stereocenters. The maximum atomic E-state index is 12.1. The van der Waals surface area contributed by atoms with Gasteiger partial charge in [-0.05, 0) is 30.7 Å². The van der Waals surface area contributed by atoms with E-state index in [2.05, 4.69) is 14.9 Å². The highest BCUT2D eigenvalue weighted by Crippen LogP contribution is 2.28. The lowest BCUT2D eigenvalue weighted by molar-refractivity contribution is -0.274. The number of thioether (sulfide) groups is 1. The van der Waals surface area contributed by atoms with Crippen LogP contribution in [0.4, 0.5) is 13.2 Å². The van der Waals surface area contributed by atoms with Crippen molar-refractivity contribution in [3.8, 4) is 17.1 Å². The van der Waals surface area contributed by atoms with E-state index in [1.54, 1.807) is 25.1 Å². The zero-order valence-corrected chi connectivity index (χ0v) is 13.8. The number of rotatable bonds is 5. The van der Waals surface area contributed by atoms with Crippen molar-refractivity contribution < 1.29 is 22.3 Å². The third kappa shape index (κ3) is 4.08. The van der Waals surface area contributed by atoms with Gasteiger partial charge in [-0.3, -0.25) is 0 Å². The fourth-order valence-electron chi connectivity index (χ4n) is 2.11. The Kier molecular flexibility index (Phi) is 4.62. The van der Waals surface area contributed by atoms with E-state index in [9.17, 15) is 13.2 Å². The standard InChI is InChI=1S/C15H13F3N4O2S/c1-9-12(6-7-23-9)13-20-21-14(22(13)19)25-8-10-2-4-11(5-3-10)24-15(16,17)18/h2-7H,8,19H2,1H3. The molecule has 0 aliphatic rings. The summed E-state index contributed by atoms with van der Waals surface area (Å²) in [5, 5.41) is 8.56. The van der Waals surface area contributed by atoms with Gasteiger partial charge in [-0.15, -0.1) is 23.4 Å². The normalized spacial score (nSPS) is 11.7. The minimum absolute atomic E-state index is 0.263. The van der Waals surface area contributed by atoms with Gasteiger partial charge in [0.15, 0.2) is 5.82 Å². The average molecular weight is 370 g/mol. The van der Waals surface area contributed by atoms with Crippen LogP contribution in [-0.4, -0.2) is 21.2 Å². The number of hydrogen-bond acceptors (Lipinski definition) is 6. The van der Waals surface area contributed by atoms with Crippen LogP contribution in [0.3, 0.4) is 0 Å². The third-order valence-corrected chi connectivity index (χ3v) is 4.30. The zero-order chi connectivity index (χ0) is 18.0. The van der Waals surface area contributed by atoms with Crippen molar-refractivity contribution >= 4 is 11.8 Å². The molecule has 0 unspecified atom stereocenters. The van der Waals surface area contributed by atoms with E-state index < -0.39 is 6.36 Å². The van der Waals surface area contributed by atoms with Crippen molar-refractivity contribution in [1.82, 2.24) is 14.9 Å². The van der Waals surface area contributed by atoms with Gasteiger partial charge in [-0.2, -0.15) is 0 Å². The SMILES string of the molecule is Cc1occc1-c1nnc(SCc2ccc(OC(F)(F)F)cc2)n1N. The average Bonchev–Trinajstić information content (AvgIpc) is 3.11. The number of aromatic nitrogens is 3. The van der Waals surface area contributed by atoms with E-state index >= 15 is 0 Å². The van der Waals surface area contributed by atoms with Crippen molar-refractivity contribution in [1.29, 1.82) is 0 Å². The zero-order valence-electron chi connectivity index (χ0n) is 12.9. The van der Waals surface area contributed by atoms with Crippen LogP contribution in [-0.2, 0) is 5.75 Å². The number of nitrogens with two attached hydrogens (primary N) is 1. The van der Waals surface area contributed by atoms with E-state index in [0.717, 1.165) is 11.1 Å².